The van der Waals surface area contributed by atoms with Gasteiger partial charge in [0.05, 0.1) is 5.41 Å². The van der Waals surface area contributed by atoms with Crippen molar-refractivity contribution in [2.24, 2.45) is 0 Å². The van der Waals surface area contributed by atoms with Gasteiger partial charge in [-0.05, 0) is 73.2 Å². The summed E-state index contributed by atoms with van der Waals surface area (Å²) in [7, 11) is 0. The van der Waals surface area contributed by atoms with E-state index in [1.165, 1.54) is 79.6 Å². The van der Waals surface area contributed by atoms with E-state index in [0.717, 1.165) is 17.5 Å². The molecule has 0 nitrogen and oxygen atoms in total. The molecule has 11 rings (SSSR count). The first kappa shape index (κ1) is 45.0. The SMILES string of the molecule is CCC.CCC.[CH2-]C.[Y+3].[c-]1ccccc1-c1[c-]cccc1.c1ccc2c(c1)-c1ccccc1C21c2ccccc2-c2ccccc21.c1ccc2c(c1)Cc1ccccc1-2. The first-order valence-electron chi connectivity index (χ1n) is 20.9. The average Bonchev–Trinajstić information content (AvgIpc) is 3.93. The van der Waals surface area contributed by atoms with E-state index >= 15 is 0 Å². The number of rotatable bonds is 1. The minimum atomic E-state index is -0.180. The summed E-state index contributed by atoms with van der Waals surface area (Å²) < 4.78 is 0. The maximum atomic E-state index is 3.25. The van der Waals surface area contributed by atoms with Gasteiger partial charge in [0.15, 0.2) is 0 Å². The zero-order chi connectivity index (χ0) is 40.7. The van der Waals surface area contributed by atoms with Crippen LogP contribution in [0.5, 0.6) is 0 Å². The van der Waals surface area contributed by atoms with Crippen LogP contribution in [-0.2, 0) is 44.5 Å². The van der Waals surface area contributed by atoms with Gasteiger partial charge in [0.25, 0.3) is 0 Å². The average molecular weight is 841 g/mol. The summed E-state index contributed by atoms with van der Waals surface area (Å²) in [6.07, 6.45) is 3.60. The van der Waals surface area contributed by atoms with Gasteiger partial charge in [-0.15, -0.1) is 12.1 Å². The second-order valence-electron chi connectivity index (χ2n) is 14.4. The van der Waals surface area contributed by atoms with Crippen LogP contribution in [0.3, 0.4) is 0 Å². The van der Waals surface area contributed by atoms with Crippen molar-refractivity contribution < 1.29 is 32.7 Å². The van der Waals surface area contributed by atoms with E-state index in [1.54, 1.807) is 6.92 Å². The van der Waals surface area contributed by atoms with Gasteiger partial charge in [-0.2, -0.15) is 55.5 Å². The van der Waals surface area contributed by atoms with Gasteiger partial charge < -0.3 is 6.92 Å². The summed E-state index contributed by atoms with van der Waals surface area (Å²) >= 11 is 0. The summed E-state index contributed by atoms with van der Waals surface area (Å²) in [5, 5.41) is 0. The fraction of sp³-hybridized carbons (Fsp3) is 0.155. The van der Waals surface area contributed by atoms with Crippen molar-refractivity contribution in [3.8, 4) is 44.5 Å². The Hall–Kier alpha value is -5.14. The van der Waals surface area contributed by atoms with E-state index in [9.17, 15) is 0 Å². The molecule has 0 atom stereocenters. The molecule has 59 heavy (non-hydrogen) atoms. The fourth-order valence-corrected chi connectivity index (χ4v) is 8.25. The van der Waals surface area contributed by atoms with Gasteiger partial charge in [0.1, 0.15) is 0 Å². The molecule has 0 amide bonds. The number of hydrogen-bond acceptors (Lipinski definition) is 0. The first-order valence-corrected chi connectivity index (χ1v) is 20.9. The molecule has 8 aromatic carbocycles. The summed E-state index contributed by atoms with van der Waals surface area (Å²) in [5.41, 5.74) is 18.9. The Kier molecular flexibility index (Phi) is 17.0. The minimum Gasteiger partial charge on any atom is -0.346 e. The zero-order valence-electron chi connectivity index (χ0n) is 35.4. The second kappa shape index (κ2) is 22.3. The van der Waals surface area contributed by atoms with E-state index in [-0.39, 0.29) is 38.1 Å². The van der Waals surface area contributed by atoms with E-state index in [0.29, 0.717) is 0 Å². The molecule has 0 aromatic heterocycles. The molecule has 0 N–H and O–H groups in total. The van der Waals surface area contributed by atoms with Gasteiger partial charge in [0.2, 0.25) is 0 Å². The molecule has 3 aliphatic carbocycles. The molecule has 3 aliphatic rings. The van der Waals surface area contributed by atoms with Gasteiger partial charge in [0, 0.05) is 0 Å². The Morgan fingerprint density at radius 3 is 0.915 bits per heavy atom. The third kappa shape index (κ3) is 9.36. The number of benzene rings is 8. The van der Waals surface area contributed by atoms with E-state index in [2.05, 4.69) is 192 Å². The van der Waals surface area contributed by atoms with E-state index < -0.39 is 0 Å². The van der Waals surface area contributed by atoms with Crippen molar-refractivity contribution in [2.75, 3.05) is 0 Å². The third-order valence-electron chi connectivity index (χ3n) is 10.3. The summed E-state index contributed by atoms with van der Waals surface area (Å²) in [6, 6.07) is 75.1. The maximum Gasteiger partial charge on any atom is 3.00 e. The van der Waals surface area contributed by atoms with E-state index in [4.69, 9.17) is 0 Å². The second-order valence-corrected chi connectivity index (χ2v) is 14.4. The Balaban J connectivity index is 0.000000165. The molecule has 1 heteroatoms. The first-order chi connectivity index (χ1) is 28.7. The molecule has 8 aromatic rings. The Morgan fingerprint density at radius 2 is 0.627 bits per heavy atom. The van der Waals surface area contributed by atoms with Crippen LogP contribution < -0.4 is 0 Å². The number of fused-ring (bicyclic) bond motifs is 13. The van der Waals surface area contributed by atoms with Crippen molar-refractivity contribution in [3.63, 3.8) is 0 Å². The van der Waals surface area contributed by atoms with Gasteiger partial charge >= 0.3 is 32.7 Å². The molecule has 1 spiro atoms. The quantitative estimate of drug-likeness (QED) is 0.144. The van der Waals surface area contributed by atoms with Crippen LogP contribution in [0.25, 0.3) is 44.5 Å². The zero-order valence-corrected chi connectivity index (χ0v) is 38.2. The Bertz CT molecular complexity index is 2220. The van der Waals surface area contributed by atoms with Gasteiger partial charge in [-0.1, -0.05) is 186 Å². The van der Waals surface area contributed by atoms with Crippen LogP contribution in [0.1, 0.15) is 80.8 Å². The molecule has 0 heterocycles. The summed E-state index contributed by atoms with van der Waals surface area (Å²) in [4.78, 5) is 0. The van der Waals surface area contributed by atoms with E-state index in [1.807, 2.05) is 48.5 Å². The molecule has 0 saturated carbocycles. The van der Waals surface area contributed by atoms with Crippen molar-refractivity contribution in [1.82, 2.24) is 0 Å². The third-order valence-corrected chi connectivity index (χ3v) is 10.3. The molecule has 0 saturated heterocycles. The molecular formula is C58H55Y. The monoisotopic (exact) mass is 840 g/mol. The van der Waals surface area contributed by atoms with Crippen LogP contribution in [0.15, 0.2) is 194 Å². The van der Waals surface area contributed by atoms with Crippen molar-refractivity contribution in [3.05, 3.63) is 247 Å². The Labute approximate surface area is 380 Å². The molecular weight excluding hydrogens is 786 g/mol. The summed E-state index contributed by atoms with van der Waals surface area (Å²) in [6.45, 7) is 13.5. The minimum absolute atomic E-state index is 0. The maximum absolute atomic E-state index is 3.25. The van der Waals surface area contributed by atoms with Crippen molar-refractivity contribution >= 4 is 0 Å². The van der Waals surface area contributed by atoms with Gasteiger partial charge in [-0.3, -0.25) is 0 Å². The Morgan fingerprint density at radius 1 is 0.373 bits per heavy atom. The van der Waals surface area contributed by atoms with Crippen LogP contribution in [0.4, 0.5) is 0 Å². The molecule has 0 bridgehead atoms. The fourth-order valence-electron chi connectivity index (χ4n) is 8.25. The molecule has 0 aliphatic heterocycles. The van der Waals surface area contributed by atoms with Gasteiger partial charge in [-0.25, -0.2) is 11.1 Å². The van der Waals surface area contributed by atoms with Crippen LogP contribution in [-0.4, -0.2) is 0 Å². The topological polar surface area (TPSA) is 0 Å². The molecule has 290 valence electrons. The normalized spacial score (nSPS) is 11.6. The standard InChI is InChI=1S/C25H16.C13H10.C12H8.2C3H8.C2H5.Y/c1-5-13-21-17(9-1)18-10-2-6-14-22(18)25(21)23-15-7-3-11-19(23)20-12-4-8-16-24(20)25;1-3-7-12-10(5-1)9-11-6-2-4-8-13(11)12;1-3-7-11(8-4-1)12-9-5-2-6-10-12;2*1-3-2;1-2;/h1-16H;1-8H,9H2;1-7,9H;2*3H2,1-2H3;1H2,2H3;/q;;-2;;;-1;+3. The molecule has 0 radical (unpaired) electrons. The molecule has 0 fully saturated rings. The number of hydrogen-bond donors (Lipinski definition) is 0. The predicted octanol–water partition coefficient (Wildman–Crippen LogP) is 15.9. The predicted molar refractivity (Wildman–Crippen MR) is 250 cm³/mol. The van der Waals surface area contributed by atoms with Crippen LogP contribution in [0.2, 0.25) is 0 Å². The summed E-state index contributed by atoms with van der Waals surface area (Å²) in [5.74, 6) is 0. The van der Waals surface area contributed by atoms with Crippen molar-refractivity contribution in [1.29, 1.82) is 0 Å². The molecule has 0 unspecified atom stereocenters. The van der Waals surface area contributed by atoms with Crippen LogP contribution >= 0.6 is 0 Å². The van der Waals surface area contributed by atoms with Crippen LogP contribution in [0, 0.1) is 19.1 Å². The smallest absolute Gasteiger partial charge is 0.346 e. The largest absolute Gasteiger partial charge is 3.00 e. The van der Waals surface area contributed by atoms with Crippen molar-refractivity contribution in [2.45, 2.75) is 59.3 Å².